The molecule has 3 atom stereocenters. The van der Waals surface area contributed by atoms with Gasteiger partial charge in [-0.15, -0.1) is 0 Å². The largest absolute Gasteiger partial charge is 0.329 e. The normalized spacial score (nSPS) is 26.4. The van der Waals surface area contributed by atoms with Gasteiger partial charge in [-0.25, -0.2) is 4.39 Å². The molecule has 19 heavy (non-hydrogen) atoms. The first-order chi connectivity index (χ1) is 9.04. The molecule has 1 heterocycles. The zero-order valence-electron chi connectivity index (χ0n) is 11.6. The highest BCUT2D eigenvalue weighted by Gasteiger charge is 2.32. The van der Waals surface area contributed by atoms with Crippen molar-refractivity contribution in [2.24, 2.45) is 5.73 Å². The topological polar surface area (TPSA) is 29.3 Å². The number of rotatable bonds is 3. The molecule has 0 radical (unpaired) electrons. The van der Waals surface area contributed by atoms with E-state index in [0.29, 0.717) is 18.6 Å². The van der Waals surface area contributed by atoms with Crippen LogP contribution in [0.3, 0.4) is 0 Å². The number of halogens is 2. The molecule has 0 aliphatic carbocycles. The van der Waals surface area contributed by atoms with E-state index < -0.39 is 0 Å². The molecule has 0 bridgehead atoms. The van der Waals surface area contributed by atoms with Crippen LogP contribution < -0.4 is 5.73 Å². The maximum atomic E-state index is 14.1. The van der Waals surface area contributed by atoms with Gasteiger partial charge in [0.1, 0.15) is 5.82 Å². The van der Waals surface area contributed by atoms with Crippen LogP contribution in [0.5, 0.6) is 0 Å². The Bertz CT molecular complexity index is 438. The maximum Gasteiger partial charge on any atom is 0.129 e. The third kappa shape index (κ3) is 3.18. The van der Waals surface area contributed by atoms with E-state index in [1.54, 1.807) is 0 Å². The van der Waals surface area contributed by atoms with Crippen molar-refractivity contribution in [3.63, 3.8) is 0 Å². The van der Waals surface area contributed by atoms with Gasteiger partial charge in [-0.3, -0.25) is 4.90 Å². The minimum absolute atomic E-state index is 0.0666. The van der Waals surface area contributed by atoms with E-state index in [9.17, 15) is 4.39 Å². The van der Waals surface area contributed by atoms with Gasteiger partial charge in [-0.1, -0.05) is 28.4 Å². The fourth-order valence-corrected chi connectivity index (χ4v) is 3.58. The Kier molecular flexibility index (Phi) is 4.98. The van der Waals surface area contributed by atoms with Crippen LogP contribution in [-0.4, -0.2) is 23.5 Å². The van der Waals surface area contributed by atoms with Gasteiger partial charge in [0.25, 0.3) is 0 Å². The van der Waals surface area contributed by atoms with Crippen molar-refractivity contribution in [2.45, 2.75) is 51.2 Å². The average molecular weight is 329 g/mol. The Balaban J connectivity index is 2.27. The van der Waals surface area contributed by atoms with E-state index in [0.717, 1.165) is 16.5 Å². The lowest BCUT2D eigenvalue weighted by Crippen LogP contribution is -2.49. The fraction of sp³-hybridized carbons (Fsp3) is 0.600. The van der Waals surface area contributed by atoms with Crippen molar-refractivity contribution < 1.29 is 4.39 Å². The Morgan fingerprint density at radius 3 is 2.84 bits per heavy atom. The summed E-state index contributed by atoms with van der Waals surface area (Å²) in [4.78, 5) is 2.38. The van der Waals surface area contributed by atoms with Gasteiger partial charge in [-0.05, 0) is 38.8 Å². The Morgan fingerprint density at radius 1 is 1.47 bits per heavy atom. The average Bonchev–Trinajstić information content (AvgIpc) is 2.37. The lowest BCUT2D eigenvalue weighted by atomic mass is 9.92. The molecule has 0 amide bonds. The molecule has 106 valence electrons. The van der Waals surface area contributed by atoms with Crippen LogP contribution in [0.2, 0.25) is 0 Å². The molecule has 1 aliphatic heterocycles. The minimum Gasteiger partial charge on any atom is -0.329 e. The third-order valence-corrected chi connectivity index (χ3v) is 4.71. The number of nitrogens with two attached hydrogens (primary N) is 1. The van der Waals surface area contributed by atoms with E-state index in [4.69, 9.17) is 5.73 Å². The monoisotopic (exact) mass is 328 g/mol. The molecule has 1 saturated heterocycles. The number of benzene rings is 1. The first kappa shape index (κ1) is 14.9. The summed E-state index contributed by atoms with van der Waals surface area (Å²) in [7, 11) is 0. The highest BCUT2D eigenvalue weighted by molar-refractivity contribution is 9.10. The van der Waals surface area contributed by atoms with Crippen LogP contribution in [-0.2, 0) is 0 Å². The smallest absolute Gasteiger partial charge is 0.129 e. The fourth-order valence-electron chi connectivity index (χ4n) is 3.25. The Hall–Kier alpha value is -0.450. The van der Waals surface area contributed by atoms with Gasteiger partial charge in [-0.2, -0.15) is 0 Å². The van der Waals surface area contributed by atoms with Crippen molar-refractivity contribution >= 4 is 15.9 Å². The van der Waals surface area contributed by atoms with Crippen LogP contribution in [0.25, 0.3) is 0 Å². The van der Waals surface area contributed by atoms with Crippen molar-refractivity contribution in [1.82, 2.24) is 4.90 Å². The third-order valence-electron chi connectivity index (χ3n) is 4.22. The van der Waals surface area contributed by atoms with E-state index in [-0.39, 0.29) is 11.9 Å². The highest BCUT2D eigenvalue weighted by Crippen LogP contribution is 2.33. The standard InChI is InChI=1S/C15H22BrFN2/c1-10-4-3-5-13(9-18)19(10)11(2)14-7-6-12(16)8-15(14)17/h6-8,10-11,13H,3-5,9,18H2,1-2H3. The molecule has 3 unspecified atom stereocenters. The van der Waals surface area contributed by atoms with Crippen LogP contribution in [0, 0.1) is 5.82 Å². The van der Waals surface area contributed by atoms with Gasteiger partial charge < -0.3 is 5.73 Å². The van der Waals surface area contributed by atoms with Crippen LogP contribution in [0.1, 0.15) is 44.7 Å². The first-order valence-corrected chi connectivity index (χ1v) is 7.76. The molecule has 0 aromatic heterocycles. The summed E-state index contributed by atoms with van der Waals surface area (Å²) in [6, 6.07) is 6.21. The summed E-state index contributed by atoms with van der Waals surface area (Å²) >= 11 is 3.31. The molecule has 2 rings (SSSR count). The number of piperidine rings is 1. The minimum atomic E-state index is -0.143. The van der Waals surface area contributed by atoms with Gasteiger partial charge in [0.05, 0.1) is 0 Å². The molecule has 0 spiro atoms. The van der Waals surface area contributed by atoms with Crippen molar-refractivity contribution in [1.29, 1.82) is 0 Å². The molecule has 0 saturated carbocycles. The van der Waals surface area contributed by atoms with Crippen LogP contribution in [0.4, 0.5) is 4.39 Å². The van der Waals surface area contributed by atoms with Crippen LogP contribution in [0.15, 0.2) is 22.7 Å². The number of hydrogen-bond donors (Lipinski definition) is 1. The lowest BCUT2D eigenvalue weighted by molar-refractivity contribution is 0.0555. The van der Waals surface area contributed by atoms with Gasteiger partial charge in [0.15, 0.2) is 0 Å². The number of hydrogen-bond acceptors (Lipinski definition) is 2. The Labute approximate surface area is 123 Å². The van der Waals surface area contributed by atoms with Gasteiger partial charge in [0, 0.05) is 34.7 Å². The van der Waals surface area contributed by atoms with Crippen molar-refractivity contribution in [3.05, 3.63) is 34.1 Å². The number of nitrogens with zero attached hydrogens (tertiary/aromatic N) is 1. The predicted molar refractivity (Wildman–Crippen MR) is 80.5 cm³/mol. The number of likely N-dealkylation sites (tertiary alicyclic amines) is 1. The molecule has 1 aliphatic rings. The maximum absolute atomic E-state index is 14.1. The van der Waals surface area contributed by atoms with Crippen LogP contribution >= 0.6 is 15.9 Å². The summed E-state index contributed by atoms with van der Waals surface area (Å²) in [5.41, 5.74) is 6.65. The highest BCUT2D eigenvalue weighted by atomic mass is 79.9. The molecular formula is C15H22BrFN2. The summed E-state index contributed by atoms with van der Waals surface area (Å²) in [6.45, 7) is 4.94. The summed E-state index contributed by atoms with van der Waals surface area (Å²) in [5, 5.41) is 0. The molecule has 1 fully saturated rings. The Morgan fingerprint density at radius 2 is 2.21 bits per heavy atom. The summed E-state index contributed by atoms with van der Waals surface area (Å²) in [5.74, 6) is -0.143. The van der Waals surface area contributed by atoms with Crippen molar-refractivity contribution in [3.8, 4) is 0 Å². The van der Waals surface area contributed by atoms with E-state index in [2.05, 4.69) is 34.7 Å². The van der Waals surface area contributed by atoms with Gasteiger partial charge in [0.2, 0.25) is 0 Å². The van der Waals surface area contributed by atoms with E-state index in [1.807, 2.05) is 12.1 Å². The molecule has 1 aromatic rings. The molecule has 2 nitrogen and oxygen atoms in total. The lowest BCUT2D eigenvalue weighted by Gasteiger charge is -2.44. The molecular weight excluding hydrogens is 307 g/mol. The van der Waals surface area contributed by atoms with Gasteiger partial charge >= 0.3 is 0 Å². The zero-order chi connectivity index (χ0) is 14.0. The molecule has 1 aromatic carbocycles. The predicted octanol–water partition coefficient (Wildman–Crippen LogP) is 3.85. The summed E-state index contributed by atoms with van der Waals surface area (Å²) < 4.78 is 14.9. The molecule has 2 N–H and O–H groups in total. The second kappa shape index (κ2) is 6.33. The first-order valence-electron chi connectivity index (χ1n) is 6.97. The molecule has 4 heteroatoms. The zero-order valence-corrected chi connectivity index (χ0v) is 13.2. The van der Waals surface area contributed by atoms with Crippen molar-refractivity contribution in [2.75, 3.05) is 6.54 Å². The second-order valence-electron chi connectivity index (χ2n) is 5.46. The second-order valence-corrected chi connectivity index (χ2v) is 6.37. The quantitative estimate of drug-likeness (QED) is 0.913. The SMILES string of the molecule is CC1CCCC(CN)N1C(C)c1ccc(Br)cc1F. The summed E-state index contributed by atoms with van der Waals surface area (Å²) in [6.07, 6.45) is 3.50. The van der Waals surface area contributed by atoms with E-state index in [1.165, 1.54) is 18.9 Å². The van der Waals surface area contributed by atoms with E-state index >= 15 is 0 Å².